The summed E-state index contributed by atoms with van der Waals surface area (Å²) in [5.41, 5.74) is 0.0987. The van der Waals surface area contributed by atoms with Gasteiger partial charge in [-0.25, -0.2) is 12.7 Å². The molecule has 1 aliphatic heterocycles. The van der Waals surface area contributed by atoms with Crippen LogP contribution in [-0.4, -0.2) is 45.0 Å². The minimum Gasteiger partial charge on any atom is -0.350 e. The lowest BCUT2D eigenvalue weighted by molar-refractivity contribution is 0.0833. The number of fused-ring (bicyclic) bond motifs is 1. The molecule has 0 saturated heterocycles. The van der Waals surface area contributed by atoms with Gasteiger partial charge >= 0.3 is 10.2 Å². The van der Waals surface area contributed by atoms with Crippen molar-refractivity contribution in [3.05, 3.63) is 53.6 Å². The molecule has 1 heterocycles. The number of nitrogens with zero attached hydrogens (tertiary/aromatic N) is 1. The van der Waals surface area contributed by atoms with Crippen LogP contribution in [0.4, 0.5) is 11.4 Å². The molecule has 0 aromatic heterocycles. The number of nitrogens with one attached hydrogen (secondary N) is 3. The first kappa shape index (κ1) is 23.5. The van der Waals surface area contributed by atoms with Crippen LogP contribution in [0.5, 0.6) is 0 Å². The molecule has 3 rings (SSSR count). The molecule has 2 aromatic carbocycles. The third-order valence-corrected chi connectivity index (χ3v) is 7.48. The summed E-state index contributed by atoms with van der Waals surface area (Å²) in [6.07, 6.45) is 0. The van der Waals surface area contributed by atoms with Crippen molar-refractivity contribution < 1.29 is 26.4 Å². The minimum absolute atomic E-state index is 0.0115. The first-order valence-corrected chi connectivity index (χ1v) is 12.7. The van der Waals surface area contributed by atoms with Crippen molar-refractivity contribution in [1.82, 2.24) is 9.62 Å². The van der Waals surface area contributed by atoms with Gasteiger partial charge in [0.15, 0.2) is 0 Å². The fraction of sp³-hybridized carbons (Fsp3) is 0.300. The molecule has 0 radical (unpaired) electrons. The fourth-order valence-electron chi connectivity index (χ4n) is 3.20. The number of anilines is 2. The van der Waals surface area contributed by atoms with E-state index < -0.39 is 38.1 Å². The van der Waals surface area contributed by atoms with Crippen molar-refractivity contribution in [1.29, 1.82) is 0 Å². The molecule has 12 heteroatoms. The Morgan fingerprint density at radius 3 is 2.34 bits per heavy atom. The van der Waals surface area contributed by atoms with E-state index in [1.165, 1.54) is 38.1 Å². The van der Waals surface area contributed by atoms with E-state index in [0.717, 1.165) is 6.07 Å². The first-order valence-electron chi connectivity index (χ1n) is 9.77. The van der Waals surface area contributed by atoms with Crippen LogP contribution < -0.4 is 14.8 Å². The van der Waals surface area contributed by atoms with Crippen LogP contribution in [0.1, 0.15) is 48.4 Å². The summed E-state index contributed by atoms with van der Waals surface area (Å²) in [6.45, 7) is 6.62. The van der Waals surface area contributed by atoms with Crippen molar-refractivity contribution >= 4 is 43.4 Å². The van der Waals surface area contributed by atoms with Crippen LogP contribution in [0.3, 0.4) is 0 Å². The Kier molecular flexibility index (Phi) is 6.20. The van der Waals surface area contributed by atoms with Crippen LogP contribution >= 0.6 is 0 Å². The zero-order valence-electron chi connectivity index (χ0n) is 17.9. The number of benzene rings is 2. The van der Waals surface area contributed by atoms with Gasteiger partial charge in [0.1, 0.15) is 0 Å². The van der Waals surface area contributed by atoms with Gasteiger partial charge in [0.2, 0.25) is 0 Å². The molecule has 0 atom stereocenters. The third-order valence-electron chi connectivity index (χ3n) is 4.53. The highest BCUT2D eigenvalue weighted by Gasteiger charge is 2.38. The molecule has 172 valence electrons. The Balaban J connectivity index is 1.99. The van der Waals surface area contributed by atoms with E-state index >= 15 is 0 Å². The second-order valence-corrected chi connectivity index (χ2v) is 11.0. The van der Waals surface area contributed by atoms with Gasteiger partial charge in [-0.2, -0.15) is 8.42 Å². The van der Waals surface area contributed by atoms with Gasteiger partial charge in [0, 0.05) is 12.1 Å². The molecule has 0 fully saturated rings. The molecule has 0 aliphatic carbocycles. The van der Waals surface area contributed by atoms with Gasteiger partial charge in [-0.3, -0.25) is 19.0 Å². The number of hydrogen-bond acceptors (Lipinski definition) is 6. The molecule has 32 heavy (non-hydrogen) atoms. The molecule has 0 unspecified atom stereocenters. The second kappa shape index (κ2) is 8.43. The lowest BCUT2D eigenvalue weighted by Crippen LogP contribution is -2.48. The summed E-state index contributed by atoms with van der Waals surface area (Å²) >= 11 is 0. The maximum atomic E-state index is 13.0. The molecule has 0 spiro atoms. The van der Waals surface area contributed by atoms with E-state index in [1.54, 1.807) is 26.0 Å². The Labute approximate surface area is 187 Å². The Morgan fingerprint density at radius 1 is 1.06 bits per heavy atom. The van der Waals surface area contributed by atoms with Gasteiger partial charge in [-0.05, 0) is 58.0 Å². The Bertz CT molecular complexity index is 1290. The summed E-state index contributed by atoms with van der Waals surface area (Å²) in [5.74, 6) is -1.27. The topological polar surface area (TPSA) is 142 Å². The molecule has 0 bridgehead atoms. The second-order valence-electron chi connectivity index (χ2n) is 7.79. The van der Waals surface area contributed by atoms with Gasteiger partial charge in [0.05, 0.1) is 27.4 Å². The number of amides is 2. The predicted molar refractivity (Wildman–Crippen MR) is 120 cm³/mol. The standard InChI is InChI=1S/C20H24N4O6S2/c1-12(2)21-19(25)15-7-5-6-8-17(15)22-31(27,28)14-9-10-18-16(11-14)20(26)24(13(3)4)32(29,30)23-18/h5-13,22-23H,1-4H3,(H,21,25). The summed E-state index contributed by atoms with van der Waals surface area (Å²) in [5, 5.41) is 2.71. The lowest BCUT2D eigenvalue weighted by atomic mass is 10.1. The highest BCUT2D eigenvalue weighted by Crippen LogP contribution is 2.30. The van der Waals surface area contributed by atoms with E-state index in [1.807, 2.05) is 0 Å². The Hall–Kier alpha value is -3.12. The van der Waals surface area contributed by atoms with E-state index in [9.17, 15) is 26.4 Å². The number of para-hydroxylation sites is 1. The molecular weight excluding hydrogens is 456 g/mol. The average Bonchev–Trinajstić information content (AvgIpc) is 2.66. The quantitative estimate of drug-likeness (QED) is 0.578. The van der Waals surface area contributed by atoms with Crippen molar-refractivity contribution in [3.8, 4) is 0 Å². The number of carbonyl (C=O) groups is 2. The molecule has 10 nitrogen and oxygen atoms in total. The zero-order valence-corrected chi connectivity index (χ0v) is 19.5. The number of hydrogen-bond donors (Lipinski definition) is 3. The van der Waals surface area contributed by atoms with Gasteiger partial charge in [-0.1, -0.05) is 12.1 Å². The van der Waals surface area contributed by atoms with E-state index in [2.05, 4.69) is 14.8 Å². The average molecular weight is 481 g/mol. The third kappa shape index (κ3) is 4.55. The zero-order chi connectivity index (χ0) is 23.8. The molecular formula is C20H24N4O6S2. The predicted octanol–water partition coefficient (Wildman–Crippen LogP) is 2.15. The van der Waals surface area contributed by atoms with Gasteiger partial charge < -0.3 is 5.32 Å². The van der Waals surface area contributed by atoms with E-state index in [0.29, 0.717) is 4.31 Å². The highest BCUT2D eigenvalue weighted by molar-refractivity contribution is 7.92. The smallest absolute Gasteiger partial charge is 0.326 e. The summed E-state index contributed by atoms with van der Waals surface area (Å²) < 4.78 is 56.0. The summed E-state index contributed by atoms with van der Waals surface area (Å²) in [4.78, 5) is 25.0. The molecule has 2 aromatic rings. The lowest BCUT2D eigenvalue weighted by Gasteiger charge is -2.31. The van der Waals surface area contributed by atoms with Gasteiger partial charge in [-0.15, -0.1) is 0 Å². The SMILES string of the molecule is CC(C)NC(=O)c1ccccc1NS(=O)(=O)c1ccc2c(c1)C(=O)N(C(C)C)S(=O)(=O)N2. The molecule has 0 saturated carbocycles. The molecule has 3 N–H and O–H groups in total. The Morgan fingerprint density at radius 2 is 1.72 bits per heavy atom. The number of rotatable bonds is 6. The van der Waals surface area contributed by atoms with Crippen molar-refractivity contribution in [2.45, 2.75) is 44.7 Å². The van der Waals surface area contributed by atoms with E-state index in [-0.39, 0.29) is 33.4 Å². The number of sulfonamides is 1. The fourth-order valence-corrected chi connectivity index (χ4v) is 5.73. The summed E-state index contributed by atoms with van der Waals surface area (Å²) in [7, 11) is -8.28. The molecule has 1 aliphatic rings. The minimum atomic E-state index is -4.20. The van der Waals surface area contributed by atoms with Crippen LogP contribution in [0.25, 0.3) is 0 Å². The van der Waals surface area contributed by atoms with Crippen molar-refractivity contribution in [2.24, 2.45) is 0 Å². The largest absolute Gasteiger partial charge is 0.350 e. The van der Waals surface area contributed by atoms with Crippen LogP contribution in [-0.2, 0) is 20.2 Å². The van der Waals surface area contributed by atoms with Crippen LogP contribution in [0.15, 0.2) is 47.4 Å². The highest BCUT2D eigenvalue weighted by atomic mass is 32.2. The normalized spacial score (nSPS) is 15.3. The van der Waals surface area contributed by atoms with Crippen molar-refractivity contribution in [2.75, 3.05) is 9.44 Å². The monoisotopic (exact) mass is 480 g/mol. The van der Waals surface area contributed by atoms with E-state index in [4.69, 9.17) is 0 Å². The maximum absolute atomic E-state index is 13.0. The maximum Gasteiger partial charge on any atom is 0.326 e. The molecule has 2 amide bonds. The van der Waals surface area contributed by atoms with Crippen LogP contribution in [0.2, 0.25) is 0 Å². The van der Waals surface area contributed by atoms with Gasteiger partial charge in [0.25, 0.3) is 21.8 Å². The number of carbonyl (C=O) groups excluding carboxylic acids is 2. The summed E-state index contributed by atoms with van der Waals surface area (Å²) in [6, 6.07) is 8.81. The van der Waals surface area contributed by atoms with Crippen LogP contribution in [0, 0.1) is 0 Å². The van der Waals surface area contributed by atoms with Crippen molar-refractivity contribution in [3.63, 3.8) is 0 Å². The first-order chi connectivity index (χ1) is 14.8.